The Bertz CT molecular complexity index is 270. The minimum Gasteiger partial charge on any atom is -0.784 e. The van der Waals surface area contributed by atoms with Crippen molar-refractivity contribution in [3.8, 4) is 0 Å². The quantitative estimate of drug-likeness (QED) is 0.230. The average Bonchev–Trinajstić information content (AvgIpc) is 1.80. The van der Waals surface area contributed by atoms with Crippen molar-refractivity contribution < 1.29 is 89.4 Å². The van der Waals surface area contributed by atoms with E-state index in [0.29, 0.717) is 0 Å². The Morgan fingerprint density at radius 2 is 1.67 bits per heavy atom. The van der Waals surface area contributed by atoms with Crippen molar-refractivity contribution in [1.82, 2.24) is 0 Å². The van der Waals surface area contributed by atoms with E-state index >= 15 is 0 Å². The Balaban J connectivity index is -0.0000000883. The minimum absolute atomic E-state index is 0. The van der Waals surface area contributed by atoms with Gasteiger partial charge in [0, 0.05) is 0 Å². The number of carbonyl (C=O) groups is 1. The topological polar surface area (TPSA) is 167 Å². The van der Waals surface area contributed by atoms with Crippen molar-refractivity contribution in [3.05, 3.63) is 0 Å². The van der Waals surface area contributed by atoms with E-state index in [2.05, 4.69) is 4.18 Å². The fraction of sp³-hybridized carbons (Fsp3) is 0.500. The second-order valence-corrected chi connectivity index (χ2v) is 2.73. The molecule has 0 aliphatic heterocycles. The van der Waals surface area contributed by atoms with Crippen LogP contribution < -0.4 is 29.6 Å². The first-order chi connectivity index (χ1) is 5.65. The Morgan fingerprint density at radius 1 is 1.40 bits per heavy atom. The summed E-state index contributed by atoms with van der Waals surface area (Å²) in [5.41, 5.74) is 0. The van der Waals surface area contributed by atoms with Crippen LogP contribution in [0.25, 0.3) is 0 Å². The molecule has 0 bridgehead atoms. The van der Waals surface area contributed by atoms with E-state index in [1.807, 2.05) is 0 Å². The van der Waals surface area contributed by atoms with Crippen LogP contribution in [0.3, 0.4) is 0 Å². The summed E-state index contributed by atoms with van der Waals surface area (Å²) in [7, 11) is -4.85. The van der Waals surface area contributed by atoms with Crippen LogP contribution in [0, 0.1) is 0 Å². The van der Waals surface area contributed by atoms with Crippen molar-refractivity contribution in [3.63, 3.8) is 0 Å². The van der Waals surface area contributed by atoms with Gasteiger partial charge in [-0.15, -0.1) is 11.4 Å². The monoisotopic (exact) mass is 322 g/mol. The molecular formula is C2H3NaO9S2Zn. The number of rotatable bonds is 3. The fourth-order valence-electron chi connectivity index (χ4n) is 0.123. The molecule has 13 heteroatoms. The first-order valence-corrected chi connectivity index (χ1v) is 4.57. The Morgan fingerprint density at radius 3 is 1.73 bits per heavy atom. The van der Waals surface area contributed by atoms with Crippen molar-refractivity contribution in [2.24, 2.45) is 0 Å². The molecular weight excluding hydrogens is 321 g/mol. The molecule has 0 aromatic heterocycles. The first-order valence-electron chi connectivity index (χ1n) is 2.24. The summed E-state index contributed by atoms with van der Waals surface area (Å²) in [6.45, 7) is -1.12. The molecule has 0 heterocycles. The molecule has 0 spiro atoms. The van der Waals surface area contributed by atoms with Gasteiger partial charge in [0.2, 0.25) is 10.4 Å². The van der Waals surface area contributed by atoms with Crippen LogP contribution in [0.5, 0.6) is 0 Å². The van der Waals surface area contributed by atoms with E-state index < -0.39 is 34.3 Å². The average molecular weight is 324 g/mol. The summed E-state index contributed by atoms with van der Waals surface area (Å²) >= 11 is -3.11. The van der Waals surface area contributed by atoms with Crippen LogP contribution in [0.4, 0.5) is 0 Å². The van der Waals surface area contributed by atoms with Gasteiger partial charge in [0.15, 0.2) is 6.61 Å². The molecule has 80 valence electrons. The molecule has 0 aliphatic rings. The molecule has 0 aliphatic carbocycles. The van der Waals surface area contributed by atoms with Crippen molar-refractivity contribution in [2.75, 3.05) is 6.61 Å². The van der Waals surface area contributed by atoms with Gasteiger partial charge in [-0.1, -0.05) is 0 Å². The molecule has 0 saturated heterocycles. The Kier molecular flexibility index (Phi) is 21.9. The Labute approximate surface area is 123 Å². The van der Waals surface area contributed by atoms with Gasteiger partial charge in [-0.05, 0) is 0 Å². The number of carboxylic acids is 1. The van der Waals surface area contributed by atoms with Gasteiger partial charge < -0.3 is 18.8 Å². The summed E-state index contributed by atoms with van der Waals surface area (Å²) in [6, 6.07) is 0. The molecule has 0 rings (SSSR count). The molecule has 0 fully saturated rings. The zero-order chi connectivity index (χ0) is 11.1. The molecule has 15 heavy (non-hydrogen) atoms. The van der Waals surface area contributed by atoms with Crippen LogP contribution in [0.15, 0.2) is 0 Å². The fourth-order valence-corrected chi connectivity index (χ4v) is 0.368. The van der Waals surface area contributed by atoms with E-state index in [0.717, 1.165) is 0 Å². The van der Waals surface area contributed by atoms with E-state index in [1.54, 1.807) is 0 Å². The molecule has 0 aromatic rings. The van der Waals surface area contributed by atoms with Crippen LogP contribution in [0.2, 0.25) is 0 Å². The second kappa shape index (κ2) is 13.1. The van der Waals surface area contributed by atoms with Crippen LogP contribution in [0.1, 0.15) is 0 Å². The summed E-state index contributed by atoms with van der Waals surface area (Å²) in [4.78, 5) is 9.52. The largest absolute Gasteiger partial charge is 2.00 e. The molecule has 0 atom stereocenters. The van der Waals surface area contributed by atoms with Crippen molar-refractivity contribution in [1.29, 1.82) is 0 Å². The maximum Gasteiger partial charge on any atom is 2.00 e. The van der Waals surface area contributed by atoms with Gasteiger partial charge in [-0.3, -0.25) is 8.39 Å². The van der Waals surface area contributed by atoms with E-state index in [1.165, 1.54) is 0 Å². The summed E-state index contributed by atoms with van der Waals surface area (Å²) in [5, 5.41) is 7.75. The van der Waals surface area contributed by atoms with E-state index in [4.69, 9.17) is 18.4 Å². The zero-order valence-electron chi connectivity index (χ0n) is 7.44. The third kappa shape index (κ3) is 51.6. The predicted octanol–water partition coefficient (Wildman–Crippen LogP) is -5.45. The third-order valence-electron chi connectivity index (χ3n) is 0.327. The number of hydrogen-bond acceptors (Lipinski definition) is 8. The maximum atomic E-state index is 9.52. The van der Waals surface area contributed by atoms with Gasteiger partial charge >= 0.3 is 55.0 Å². The van der Waals surface area contributed by atoms with Gasteiger partial charge in [-0.2, -0.15) is 0 Å². The molecule has 1 N–H and O–H groups in total. The SMILES string of the molecule is O=C(O)COS(=O)(=O)[O-].O=S([O-])[O-].[Na+].[Zn+2]. The second-order valence-electron chi connectivity index (χ2n) is 1.27. The summed E-state index contributed by atoms with van der Waals surface area (Å²) in [6.07, 6.45) is 0. The van der Waals surface area contributed by atoms with E-state index in [-0.39, 0.29) is 49.0 Å². The summed E-state index contributed by atoms with van der Waals surface area (Å²) in [5.74, 6) is -1.51. The maximum absolute atomic E-state index is 9.52. The standard InChI is InChI=1S/C2H4O6S.Na.H2O3S.Zn/c3-2(4)1-8-9(5,6)7;;1-4(2)3;/h1H2,(H,3,4)(H,5,6,7);;(H2,1,2,3);/q;+1;;+2/p-3. The number of carboxylic acid groups (broad SMARTS) is 1. The van der Waals surface area contributed by atoms with Gasteiger partial charge in [0.1, 0.15) is 0 Å². The van der Waals surface area contributed by atoms with Crippen LogP contribution in [-0.2, 0) is 50.2 Å². The zero-order valence-corrected chi connectivity index (χ0v) is 14.0. The molecule has 9 nitrogen and oxygen atoms in total. The summed E-state index contributed by atoms with van der Waals surface area (Å²) < 4.78 is 57.1. The third-order valence-corrected chi connectivity index (χ3v) is 0.733. The van der Waals surface area contributed by atoms with Crippen LogP contribution in [-0.4, -0.2) is 44.0 Å². The smallest absolute Gasteiger partial charge is 0.784 e. The molecule has 0 saturated carbocycles. The number of hydrogen-bond donors (Lipinski definition) is 1. The van der Waals surface area contributed by atoms with Crippen LogP contribution >= 0.6 is 0 Å². The predicted molar refractivity (Wildman–Crippen MR) is 33.0 cm³/mol. The minimum atomic E-state index is -4.85. The molecule has 0 amide bonds. The van der Waals surface area contributed by atoms with Gasteiger partial charge in [0.25, 0.3) is 0 Å². The first kappa shape index (κ1) is 25.0. The van der Waals surface area contributed by atoms with Gasteiger partial charge in [-0.25, -0.2) is 13.2 Å². The van der Waals surface area contributed by atoms with Gasteiger partial charge in [0.05, 0.1) is 0 Å². The molecule has 0 unspecified atom stereocenters. The van der Waals surface area contributed by atoms with Crippen molar-refractivity contribution in [2.45, 2.75) is 0 Å². The Hall–Kier alpha value is 1.03. The molecule has 0 aromatic carbocycles. The number of aliphatic carboxylic acids is 1. The van der Waals surface area contributed by atoms with E-state index in [9.17, 15) is 17.8 Å². The molecule has 0 radical (unpaired) electrons. The normalized spacial score (nSPS) is 9.07. The van der Waals surface area contributed by atoms with Crippen molar-refractivity contribution >= 4 is 27.7 Å².